The molecule has 0 heterocycles. The quantitative estimate of drug-likeness (QED) is 0.405. The molecule has 3 aromatic carbocycles. The summed E-state index contributed by atoms with van der Waals surface area (Å²) in [5, 5.41) is 0.469. The van der Waals surface area contributed by atoms with Crippen molar-refractivity contribution in [1.82, 2.24) is 0 Å². The summed E-state index contributed by atoms with van der Waals surface area (Å²) in [6.07, 6.45) is 0. The van der Waals surface area contributed by atoms with Crippen LogP contribution in [-0.2, 0) is 28.2 Å². The second kappa shape index (κ2) is 7.20. The van der Waals surface area contributed by atoms with E-state index in [2.05, 4.69) is 0 Å². The molecule has 0 unspecified atom stereocenters. The van der Waals surface area contributed by atoms with Crippen molar-refractivity contribution in [2.75, 3.05) is 0 Å². The Morgan fingerprint density at radius 2 is 1.29 bits per heavy atom. The summed E-state index contributed by atoms with van der Waals surface area (Å²) in [7, 11) is -2.06. The number of fused-ring (bicyclic) bond motifs is 1. The summed E-state index contributed by atoms with van der Waals surface area (Å²) in [6, 6.07) is 12.9. The highest BCUT2D eigenvalue weighted by atomic mass is 35.7. The summed E-state index contributed by atoms with van der Waals surface area (Å²) in [5.74, 6) is -0.574. The van der Waals surface area contributed by atoms with E-state index in [4.69, 9.17) is 25.5 Å². The van der Waals surface area contributed by atoms with Gasteiger partial charge in [0.2, 0.25) is 0 Å². The van der Waals surface area contributed by atoms with Gasteiger partial charge in [0.15, 0.2) is 5.75 Å². The molecule has 0 aliphatic carbocycles. The van der Waals surface area contributed by atoms with Crippen molar-refractivity contribution < 1.29 is 29.4 Å². The highest BCUT2D eigenvalue weighted by Gasteiger charge is 2.24. The normalized spacial score (nSPS) is 12.8. The van der Waals surface area contributed by atoms with Gasteiger partial charge in [-0.1, -0.05) is 24.3 Å². The van der Waals surface area contributed by atoms with Crippen molar-refractivity contribution in [2.24, 2.45) is 0 Å². The number of benzene rings is 3. The van der Waals surface area contributed by atoms with Gasteiger partial charge in [0.05, 0.1) is 4.90 Å². The van der Waals surface area contributed by atoms with Gasteiger partial charge in [-0.15, -0.1) is 0 Å². The fourth-order valence-electron chi connectivity index (χ4n) is 2.39. The van der Waals surface area contributed by atoms with Crippen LogP contribution in [0.4, 0.5) is 0 Å². The van der Waals surface area contributed by atoms with Crippen LogP contribution < -0.4 is 4.18 Å². The Kier molecular flexibility index (Phi) is 5.36. The molecule has 12 heteroatoms. The zero-order valence-corrected chi connectivity index (χ0v) is 17.6. The Morgan fingerprint density at radius 3 is 1.86 bits per heavy atom. The lowest BCUT2D eigenvalue weighted by atomic mass is 10.1. The predicted octanol–water partition coefficient (Wildman–Crippen LogP) is 3.46. The first kappa shape index (κ1) is 20.9. The molecule has 28 heavy (non-hydrogen) atoms. The highest BCUT2D eigenvalue weighted by molar-refractivity contribution is 8.14. The van der Waals surface area contributed by atoms with Gasteiger partial charge in [0.1, 0.15) is 9.79 Å². The van der Waals surface area contributed by atoms with Crippen LogP contribution in [0.1, 0.15) is 0 Å². The van der Waals surface area contributed by atoms with Gasteiger partial charge in [0, 0.05) is 21.4 Å². The van der Waals surface area contributed by atoms with E-state index in [9.17, 15) is 25.3 Å². The molecule has 0 bridgehead atoms. The summed E-state index contributed by atoms with van der Waals surface area (Å²) < 4.78 is 76.8. The van der Waals surface area contributed by atoms with Crippen LogP contribution in [-0.4, -0.2) is 25.3 Å². The zero-order chi connectivity index (χ0) is 20.7. The third kappa shape index (κ3) is 4.41. The minimum atomic E-state index is -4.38. The summed E-state index contributed by atoms with van der Waals surface area (Å²) in [5.41, 5.74) is 0. The third-order valence-corrected chi connectivity index (χ3v) is 7.59. The van der Waals surface area contributed by atoms with E-state index in [0.717, 1.165) is 18.2 Å². The molecule has 0 fully saturated rings. The molecule has 0 aliphatic heterocycles. The van der Waals surface area contributed by atoms with E-state index < -0.39 is 38.9 Å². The summed E-state index contributed by atoms with van der Waals surface area (Å²) in [6.45, 7) is 0. The van der Waals surface area contributed by atoms with Gasteiger partial charge in [0.25, 0.3) is 18.1 Å². The van der Waals surface area contributed by atoms with Crippen molar-refractivity contribution in [3.05, 3.63) is 60.7 Å². The average Bonchev–Trinajstić information content (AvgIpc) is 2.59. The molecule has 0 radical (unpaired) electrons. The molecule has 7 nitrogen and oxygen atoms in total. The number of hydrogen-bond acceptors (Lipinski definition) is 7. The van der Waals surface area contributed by atoms with Crippen LogP contribution in [0.5, 0.6) is 5.75 Å². The molecule has 0 aliphatic rings. The van der Waals surface area contributed by atoms with Crippen molar-refractivity contribution in [3.63, 3.8) is 0 Å². The van der Waals surface area contributed by atoms with E-state index >= 15 is 0 Å². The van der Waals surface area contributed by atoms with Crippen LogP contribution in [0.3, 0.4) is 0 Å². The Labute approximate surface area is 170 Å². The van der Waals surface area contributed by atoms with Gasteiger partial charge in [-0.05, 0) is 47.2 Å². The van der Waals surface area contributed by atoms with Gasteiger partial charge in [-0.25, -0.2) is 16.8 Å². The van der Waals surface area contributed by atoms with Gasteiger partial charge in [-0.2, -0.15) is 8.42 Å². The van der Waals surface area contributed by atoms with Crippen molar-refractivity contribution in [2.45, 2.75) is 14.7 Å². The fraction of sp³-hybridized carbons (Fsp3) is 0. The second-order valence-corrected chi connectivity index (χ2v) is 12.2. The lowest BCUT2D eigenvalue weighted by Gasteiger charge is -2.12. The molecule has 0 amide bonds. The van der Waals surface area contributed by atoms with Crippen LogP contribution in [0.15, 0.2) is 75.4 Å². The SMILES string of the molecule is O=S(=O)(Cl)c1ccc2cc(S(=O)(=O)Cl)c(OS(=O)(=O)c3ccccc3)cc2c1. The minimum absolute atomic E-state index is 0.184. The second-order valence-electron chi connectivity index (χ2n) is 5.53. The van der Waals surface area contributed by atoms with E-state index in [0.29, 0.717) is 0 Å². The maximum Gasteiger partial charge on any atom is 0.339 e. The number of rotatable bonds is 5. The monoisotopic (exact) mass is 480 g/mol. The largest absolute Gasteiger partial charge is 0.377 e. The highest BCUT2D eigenvalue weighted by Crippen LogP contribution is 2.35. The van der Waals surface area contributed by atoms with E-state index in [1.165, 1.54) is 36.4 Å². The van der Waals surface area contributed by atoms with Crippen molar-refractivity contribution in [3.8, 4) is 5.75 Å². The predicted molar refractivity (Wildman–Crippen MR) is 104 cm³/mol. The Bertz CT molecular complexity index is 1380. The average molecular weight is 481 g/mol. The molecule has 0 spiro atoms. The van der Waals surface area contributed by atoms with Crippen LogP contribution in [0, 0.1) is 0 Å². The first-order valence-electron chi connectivity index (χ1n) is 7.35. The molecule has 0 aromatic heterocycles. The first-order valence-corrected chi connectivity index (χ1v) is 13.4. The summed E-state index contributed by atoms with van der Waals surface area (Å²) >= 11 is 0. The minimum Gasteiger partial charge on any atom is -0.377 e. The molecule has 148 valence electrons. The molecule has 0 N–H and O–H groups in total. The molecule has 0 saturated heterocycles. The Morgan fingerprint density at radius 1 is 0.643 bits per heavy atom. The number of halogens is 2. The third-order valence-electron chi connectivity index (χ3n) is 3.65. The standard InChI is InChI=1S/C16H10Cl2O7S3/c17-26(19,20)14-7-6-11-10-16(27(18,21)22)15(9-12(11)8-14)25-28(23,24)13-4-2-1-3-5-13/h1-10H. The fourth-order valence-corrected chi connectivity index (χ4v) is 5.17. The van der Waals surface area contributed by atoms with Crippen molar-refractivity contribution in [1.29, 1.82) is 0 Å². The van der Waals surface area contributed by atoms with Crippen molar-refractivity contribution >= 4 is 60.4 Å². The molecule has 3 rings (SSSR count). The zero-order valence-electron chi connectivity index (χ0n) is 13.6. The van der Waals surface area contributed by atoms with Gasteiger partial charge in [-0.3, -0.25) is 0 Å². The molecular formula is C16H10Cl2O7S3. The van der Waals surface area contributed by atoms with Gasteiger partial charge < -0.3 is 4.18 Å². The topological polar surface area (TPSA) is 112 Å². The molecule has 3 aromatic rings. The lowest BCUT2D eigenvalue weighted by Crippen LogP contribution is -2.11. The van der Waals surface area contributed by atoms with Gasteiger partial charge >= 0.3 is 10.1 Å². The van der Waals surface area contributed by atoms with Crippen LogP contribution in [0.25, 0.3) is 10.8 Å². The first-order chi connectivity index (χ1) is 12.9. The Balaban J connectivity index is 2.24. The molecular weight excluding hydrogens is 471 g/mol. The van der Waals surface area contributed by atoms with E-state index in [1.807, 2.05) is 0 Å². The Hall–Kier alpha value is -1.85. The number of hydrogen-bond donors (Lipinski definition) is 0. The lowest BCUT2D eigenvalue weighted by molar-refractivity contribution is 0.479. The van der Waals surface area contributed by atoms with Crippen LogP contribution >= 0.6 is 21.4 Å². The molecule has 0 atom stereocenters. The summed E-state index contributed by atoms with van der Waals surface area (Å²) in [4.78, 5) is -1.03. The molecule has 0 saturated carbocycles. The maximum absolute atomic E-state index is 12.5. The van der Waals surface area contributed by atoms with E-state index in [-0.39, 0.29) is 20.6 Å². The van der Waals surface area contributed by atoms with E-state index in [1.54, 1.807) is 6.07 Å². The smallest absolute Gasteiger partial charge is 0.339 e. The van der Waals surface area contributed by atoms with Crippen LogP contribution in [0.2, 0.25) is 0 Å². The maximum atomic E-state index is 12.5.